The maximum atomic E-state index is 14.1. The summed E-state index contributed by atoms with van der Waals surface area (Å²) in [4.78, 5) is 40.6. The second kappa shape index (κ2) is 22.8. The summed E-state index contributed by atoms with van der Waals surface area (Å²) in [6.45, 7) is 13.3. The van der Waals surface area contributed by atoms with E-state index >= 15 is 0 Å². The lowest BCUT2D eigenvalue weighted by molar-refractivity contribution is -0.384. The maximum Gasteiger partial charge on any atom is 0.293 e. The first kappa shape index (κ1) is 53.8. The minimum Gasteiger partial charge on any atom is -0.491 e. The van der Waals surface area contributed by atoms with Crippen LogP contribution in [0.2, 0.25) is 0 Å². The van der Waals surface area contributed by atoms with Crippen LogP contribution in [-0.4, -0.2) is 115 Å². The van der Waals surface area contributed by atoms with Gasteiger partial charge in [-0.15, -0.1) is 0 Å². The summed E-state index contributed by atoms with van der Waals surface area (Å²) in [5.41, 5.74) is 4.82. The van der Waals surface area contributed by atoms with Crippen molar-refractivity contribution >= 4 is 44.0 Å². The monoisotopic (exact) mass is 1070 g/mol. The molecule has 0 radical (unpaired) electrons. The number of amides is 1. The van der Waals surface area contributed by atoms with Crippen molar-refractivity contribution in [2.75, 3.05) is 69.8 Å². The Morgan fingerprint density at radius 2 is 1.69 bits per heavy atom. The quantitative estimate of drug-likeness (QED) is 0.0339. The van der Waals surface area contributed by atoms with Gasteiger partial charge in [-0.05, 0) is 141 Å². The normalized spacial score (nSPS) is 21.2. The van der Waals surface area contributed by atoms with E-state index < -0.39 is 37.0 Å². The lowest BCUT2D eigenvalue weighted by Crippen LogP contribution is -2.60. The molecule has 1 amide bonds. The van der Waals surface area contributed by atoms with Crippen molar-refractivity contribution in [1.29, 1.82) is 0 Å². The van der Waals surface area contributed by atoms with Gasteiger partial charge in [0, 0.05) is 94.4 Å². The van der Waals surface area contributed by atoms with Crippen LogP contribution in [0.5, 0.6) is 17.2 Å². The number of sulfonamides is 1. The molecule has 10 rings (SSSR count). The molecule has 0 bridgehead atoms. The van der Waals surface area contributed by atoms with Crippen molar-refractivity contribution < 1.29 is 37.5 Å². The molecular formula is C59H72N8O9S. The smallest absolute Gasteiger partial charge is 0.293 e. The zero-order valence-corrected chi connectivity index (χ0v) is 45.4. The molecule has 4 fully saturated rings. The van der Waals surface area contributed by atoms with E-state index in [2.05, 4.69) is 97.1 Å². The van der Waals surface area contributed by atoms with Gasteiger partial charge in [0.25, 0.3) is 21.6 Å². The number of H-pyrrole nitrogens is 1. The topological polar surface area (TPSA) is 205 Å². The third-order valence-corrected chi connectivity index (χ3v) is 18.0. The molecule has 1 spiro atoms. The number of carbonyl (C=O) groups is 1. The maximum absolute atomic E-state index is 14.1. The number of rotatable bonds is 19. The number of piperidine rings is 1. The van der Waals surface area contributed by atoms with Crippen LogP contribution >= 0.6 is 0 Å². The Kier molecular flexibility index (Phi) is 15.9. The molecule has 1 unspecified atom stereocenters. The number of piperazine rings is 1. The fourth-order valence-electron chi connectivity index (χ4n) is 12.1. The highest BCUT2D eigenvalue weighted by Crippen LogP contribution is 2.53. The van der Waals surface area contributed by atoms with Crippen LogP contribution in [0.15, 0.2) is 114 Å². The lowest BCUT2D eigenvalue weighted by Gasteiger charge is -2.58. The fourth-order valence-corrected chi connectivity index (χ4v) is 13.1. The van der Waals surface area contributed by atoms with E-state index in [-0.39, 0.29) is 34.4 Å². The Bertz CT molecular complexity index is 3160. The molecule has 6 aromatic rings. The molecule has 1 atom stereocenters. The third-order valence-electron chi connectivity index (χ3n) is 16.6. The van der Waals surface area contributed by atoms with Crippen LogP contribution in [0, 0.1) is 21.4 Å². The number of fused-ring (bicyclic) bond motifs is 1. The minimum atomic E-state index is -4.59. The van der Waals surface area contributed by atoms with Crippen molar-refractivity contribution in [2.45, 2.75) is 107 Å². The summed E-state index contributed by atoms with van der Waals surface area (Å²) >= 11 is 0. The molecule has 2 saturated heterocycles. The van der Waals surface area contributed by atoms with Gasteiger partial charge in [-0.1, -0.05) is 50.2 Å². The molecule has 2 aromatic heterocycles. The van der Waals surface area contributed by atoms with Crippen LogP contribution < -0.4 is 24.4 Å². The van der Waals surface area contributed by atoms with E-state index in [0.29, 0.717) is 56.0 Å². The number of hydrogen-bond acceptors (Lipinski definition) is 14. The molecule has 408 valence electrons. The van der Waals surface area contributed by atoms with Crippen molar-refractivity contribution in [3.8, 4) is 17.2 Å². The van der Waals surface area contributed by atoms with E-state index in [1.165, 1.54) is 28.8 Å². The van der Waals surface area contributed by atoms with Crippen LogP contribution in [0.1, 0.15) is 111 Å². The van der Waals surface area contributed by atoms with Crippen LogP contribution in [0.3, 0.4) is 0 Å². The van der Waals surface area contributed by atoms with E-state index in [4.69, 9.17) is 14.2 Å². The molecule has 4 N–H and O–H groups in total. The molecule has 4 aliphatic rings. The van der Waals surface area contributed by atoms with E-state index in [0.717, 1.165) is 101 Å². The van der Waals surface area contributed by atoms with E-state index in [1.54, 1.807) is 37.7 Å². The van der Waals surface area contributed by atoms with Crippen LogP contribution in [0.25, 0.3) is 11.0 Å². The summed E-state index contributed by atoms with van der Waals surface area (Å²) < 4.78 is 47.3. The number of aromatic amines is 1. The first-order valence-corrected chi connectivity index (χ1v) is 28.6. The zero-order chi connectivity index (χ0) is 53.9. The summed E-state index contributed by atoms with van der Waals surface area (Å²) in [7, 11) is -2.92. The van der Waals surface area contributed by atoms with Gasteiger partial charge >= 0.3 is 0 Å². The number of nitro benzene ring substituents is 1. The average Bonchev–Trinajstić information content (AvgIpc) is 3.90. The number of anilines is 2. The Hall–Kier alpha value is -6.57. The molecule has 17 nitrogen and oxygen atoms in total. The molecule has 2 aliphatic carbocycles. The minimum absolute atomic E-state index is 0.0315. The fraction of sp³-hybridized carbons (Fsp3) is 0.458. The first-order valence-electron chi connectivity index (χ1n) is 27.1. The van der Waals surface area contributed by atoms with Crippen molar-refractivity contribution in [3.63, 3.8) is 0 Å². The van der Waals surface area contributed by atoms with Crippen LogP contribution in [0.4, 0.5) is 17.1 Å². The van der Waals surface area contributed by atoms with Gasteiger partial charge in [0.2, 0.25) is 0 Å². The van der Waals surface area contributed by atoms with Crippen molar-refractivity contribution in [3.05, 3.63) is 142 Å². The van der Waals surface area contributed by atoms with Crippen molar-refractivity contribution in [2.24, 2.45) is 11.3 Å². The van der Waals surface area contributed by atoms with Gasteiger partial charge in [-0.25, -0.2) is 18.1 Å². The zero-order valence-electron chi connectivity index (χ0n) is 44.6. The second-order valence-electron chi connectivity index (χ2n) is 22.4. The molecule has 18 heteroatoms. The highest BCUT2D eigenvalue weighted by Gasteiger charge is 2.50. The second-order valence-corrected chi connectivity index (χ2v) is 24.1. The lowest BCUT2D eigenvalue weighted by atomic mass is 9.59. The molecule has 77 heavy (non-hydrogen) atoms. The highest BCUT2D eigenvalue weighted by molar-refractivity contribution is 7.90. The Balaban J connectivity index is 0.818. The predicted octanol–water partition coefficient (Wildman–Crippen LogP) is 10.2. The molecule has 2 aliphatic heterocycles. The Morgan fingerprint density at radius 1 is 0.922 bits per heavy atom. The third kappa shape index (κ3) is 12.4. The summed E-state index contributed by atoms with van der Waals surface area (Å²) in [6, 6.07) is 30.6. The van der Waals surface area contributed by atoms with E-state index in [1.807, 2.05) is 19.1 Å². The number of nitrogens with zero attached hydrogens (tertiary/aromatic N) is 5. The summed E-state index contributed by atoms with van der Waals surface area (Å²) in [6.07, 6.45) is 10.4. The highest BCUT2D eigenvalue weighted by atomic mass is 32.2. The van der Waals surface area contributed by atoms with Gasteiger partial charge in [-0.3, -0.25) is 24.7 Å². The number of carbonyl (C=O) groups excluding carboxylic acids is 1. The van der Waals surface area contributed by atoms with Crippen LogP contribution in [-0.2, 0) is 21.3 Å². The number of aromatic nitrogens is 2. The van der Waals surface area contributed by atoms with Gasteiger partial charge in [0.05, 0.1) is 33.8 Å². The number of nitrogens with one attached hydrogen (secondary N) is 3. The van der Waals surface area contributed by atoms with Gasteiger partial charge in [0.15, 0.2) is 0 Å². The molecular weight excluding hydrogens is 997 g/mol. The first-order chi connectivity index (χ1) is 37.0. The number of aliphatic hydroxyl groups is 1. The molecule has 2 saturated carbocycles. The number of nitro groups is 1. The summed E-state index contributed by atoms with van der Waals surface area (Å²) in [5, 5.41) is 26.5. The largest absolute Gasteiger partial charge is 0.491 e. The molecule has 4 aromatic carbocycles. The Labute approximate surface area is 451 Å². The van der Waals surface area contributed by atoms with Gasteiger partial charge in [0.1, 0.15) is 35.2 Å². The van der Waals surface area contributed by atoms with Crippen molar-refractivity contribution in [1.82, 2.24) is 24.5 Å². The standard InChI is InChI=1S/C59H72N8O9S/c1-40(2)49-7-5-6-8-50(49)54-39-64(38-42-9-12-46(13-10-42)75-30-29-74-4)27-28-66(54)45-34-59(35-45)22-25-65(26-23-59)44-11-15-51(55(32-44)76-47-31-43-19-24-60-56(43)62-37-47)57(68)63-77(72,73)48-14-16-52(53(33-48)67(70)71)61-36-41-17-20-58(3,69)21-18-41/h5-16,19,24,31-33,37,40-41,45,54,61,69H,17-18,20-23,25-30,34-36,38-39H2,1-4H3,(H,60,62)(H,63,68). The summed E-state index contributed by atoms with van der Waals surface area (Å²) in [5.74, 6) is 1.000. The molecule has 4 heterocycles. The van der Waals surface area contributed by atoms with Gasteiger partial charge in [-0.2, -0.15) is 0 Å². The average molecular weight is 1070 g/mol. The predicted molar refractivity (Wildman–Crippen MR) is 297 cm³/mol. The number of methoxy groups -OCH3 is 1. The number of benzene rings is 4. The van der Waals surface area contributed by atoms with Gasteiger partial charge < -0.3 is 34.5 Å². The van der Waals surface area contributed by atoms with E-state index in [9.17, 15) is 28.4 Å². The Morgan fingerprint density at radius 3 is 2.43 bits per heavy atom. The number of hydrogen-bond donors (Lipinski definition) is 4. The SMILES string of the molecule is COCCOc1ccc(CN2CCN(C3CC4(CCN(c5ccc(C(=O)NS(=O)(=O)c6ccc(NCC7CCC(C)(O)CC7)c([N+](=O)[O-])c6)c(Oc6cnc7[nH]ccc7c6)c5)CC4)C3)C(c3ccccc3C(C)C)C2)cc1. The number of pyridine rings is 1. The number of ether oxygens (including phenoxy) is 3.